The van der Waals surface area contributed by atoms with Gasteiger partial charge in [0.25, 0.3) is 0 Å². The summed E-state index contributed by atoms with van der Waals surface area (Å²) in [6, 6.07) is 20.8. The third-order valence-electron chi connectivity index (χ3n) is 4.44. The molecule has 0 unspecified atom stereocenters. The molecule has 0 amide bonds. The maximum atomic E-state index is 9.69. The maximum absolute atomic E-state index is 9.69. The average Bonchev–Trinajstić information content (AvgIpc) is 3.01. The van der Waals surface area contributed by atoms with E-state index in [9.17, 15) is 5.26 Å². The number of aromatic nitrogens is 2. The summed E-state index contributed by atoms with van der Waals surface area (Å²) in [4.78, 5) is 7.89. The van der Waals surface area contributed by atoms with Gasteiger partial charge < -0.3 is 10.3 Å². The molecule has 0 saturated heterocycles. The fourth-order valence-electron chi connectivity index (χ4n) is 3.28. The molecule has 2 heterocycles. The number of hydrogen-bond donors (Lipinski definition) is 2. The molecule has 4 aromatic rings. The zero-order valence-electron chi connectivity index (χ0n) is 14.0. The van der Waals surface area contributed by atoms with E-state index in [0.717, 1.165) is 28.2 Å². The predicted octanol–water partition coefficient (Wildman–Crippen LogP) is 4.63. The molecule has 0 aliphatic carbocycles. The van der Waals surface area contributed by atoms with Crippen LogP contribution in [0.4, 0.5) is 5.82 Å². The molecule has 122 valence electrons. The van der Waals surface area contributed by atoms with Gasteiger partial charge in [-0.25, -0.2) is 4.98 Å². The Morgan fingerprint density at radius 1 is 1.08 bits per heavy atom. The minimum absolute atomic E-state index is 0.170. The number of H-pyrrole nitrogens is 1. The number of nitrogens with zero attached hydrogens (tertiary/aromatic N) is 2. The van der Waals surface area contributed by atoms with Crippen LogP contribution in [-0.4, -0.2) is 16.0 Å². The maximum Gasteiger partial charge on any atom is 0.146 e. The van der Waals surface area contributed by atoms with Gasteiger partial charge in [0, 0.05) is 28.5 Å². The molecule has 2 aromatic heterocycles. The Balaban J connectivity index is 1.70. The Morgan fingerprint density at radius 3 is 2.64 bits per heavy atom. The first-order valence-corrected chi connectivity index (χ1v) is 8.36. The highest BCUT2D eigenvalue weighted by Gasteiger charge is 2.15. The Kier molecular flexibility index (Phi) is 3.83. The Bertz CT molecular complexity index is 1070. The lowest BCUT2D eigenvalue weighted by Gasteiger charge is -2.15. The van der Waals surface area contributed by atoms with Gasteiger partial charge in [-0.3, -0.25) is 0 Å². The van der Waals surface area contributed by atoms with Crippen LogP contribution >= 0.6 is 0 Å². The zero-order valence-corrected chi connectivity index (χ0v) is 14.0. The lowest BCUT2D eigenvalue weighted by atomic mass is 10.1. The molecule has 0 fully saturated rings. The second-order valence-corrected chi connectivity index (χ2v) is 6.29. The Labute approximate surface area is 146 Å². The van der Waals surface area contributed by atoms with E-state index >= 15 is 0 Å². The monoisotopic (exact) mass is 326 g/mol. The molecule has 4 heteroatoms. The average molecular weight is 326 g/mol. The number of pyridine rings is 1. The van der Waals surface area contributed by atoms with Crippen LogP contribution in [0.25, 0.3) is 21.8 Å². The Morgan fingerprint density at radius 2 is 1.84 bits per heavy atom. The number of rotatable bonds is 4. The van der Waals surface area contributed by atoms with E-state index < -0.39 is 0 Å². The van der Waals surface area contributed by atoms with Crippen LogP contribution in [0, 0.1) is 11.3 Å². The van der Waals surface area contributed by atoms with Crippen molar-refractivity contribution in [3.8, 4) is 6.07 Å². The molecule has 25 heavy (non-hydrogen) atoms. The van der Waals surface area contributed by atoms with Gasteiger partial charge in [0.05, 0.1) is 5.52 Å². The van der Waals surface area contributed by atoms with E-state index in [1.54, 1.807) is 0 Å². The molecular formula is C21H18N4. The number of anilines is 1. The number of aromatic amines is 1. The van der Waals surface area contributed by atoms with Crippen molar-refractivity contribution in [3.05, 3.63) is 71.9 Å². The quantitative estimate of drug-likeness (QED) is 0.574. The van der Waals surface area contributed by atoms with Crippen molar-refractivity contribution in [2.75, 3.05) is 5.32 Å². The van der Waals surface area contributed by atoms with Gasteiger partial charge in [-0.05, 0) is 25.0 Å². The smallest absolute Gasteiger partial charge is 0.146 e. The van der Waals surface area contributed by atoms with E-state index in [2.05, 4.69) is 40.4 Å². The fourth-order valence-corrected chi connectivity index (χ4v) is 3.28. The number of nitrogens with one attached hydrogen (secondary N) is 2. The minimum Gasteiger partial charge on any atom is -0.366 e. The van der Waals surface area contributed by atoms with Crippen LogP contribution in [0.3, 0.4) is 0 Å². The van der Waals surface area contributed by atoms with E-state index in [4.69, 9.17) is 0 Å². The van der Waals surface area contributed by atoms with Crippen molar-refractivity contribution in [2.24, 2.45) is 0 Å². The van der Waals surface area contributed by atoms with Gasteiger partial charge in [0.15, 0.2) is 0 Å². The highest BCUT2D eigenvalue weighted by atomic mass is 15.0. The highest BCUT2D eigenvalue weighted by molar-refractivity contribution is 6.09. The normalized spacial score (nSPS) is 12.2. The molecular weight excluding hydrogens is 308 g/mol. The first-order chi connectivity index (χ1) is 12.3. The van der Waals surface area contributed by atoms with Gasteiger partial charge >= 0.3 is 0 Å². The predicted molar refractivity (Wildman–Crippen MR) is 102 cm³/mol. The molecule has 0 radical (unpaired) electrons. The van der Waals surface area contributed by atoms with Gasteiger partial charge in [-0.1, -0.05) is 48.5 Å². The van der Waals surface area contributed by atoms with Crippen LogP contribution in [-0.2, 0) is 6.42 Å². The summed E-state index contributed by atoms with van der Waals surface area (Å²) >= 11 is 0. The molecule has 4 nitrogen and oxygen atoms in total. The lowest BCUT2D eigenvalue weighted by molar-refractivity contribution is 0.784. The van der Waals surface area contributed by atoms with Crippen molar-refractivity contribution in [1.82, 2.24) is 9.97 Å². The second-order valence-electron chi connectivity index (χ2n) is 6.29. The van der Waals surface area contributed by atoms with Crippen LogP contribution < -0.4 is 5.32 Å². The molecule has 1 atom stereocenters. The summed E-state index contributed by atoms with van der Waals surface area (Å²) in [5.74, 6) is 0.630. The van der Waals surface area contributed by atoms with E-state index in [0.29, 0.717) is 11.4 Å². The molecule has 4 rings (SSSR count). The lowest BCUT2D eigenvalue weighted by Crippen LogP contribution is -2.19. The minimum atomic E-state index is 0.170. The highest BCUT2D eigenvalue weighted by Crippen LogP contribution is 2.30. The van der Waals surface area contributed by atoms with Crippen LogP contribution in [0.5, 0.6) is 0 Å². The van der Waals surface area contributed by atoms with Gasteiger partial charge in [0.2, 0.25) is 0 Å². The number of nitriles is 1. The molecule has 0 spiro atoms. The summed E-state index contributed by atoms with van der Waals surface area (Å²) in [5, 5.41) is 15.2. The molecule has 2 N–H and O–H groups in total. The first-order valence-electron chi connectivity index (χ1n) is 8.36. The second kappa shape index (κ2) is 6.29. The number of fused-ring (bicyclic) bond motifs is 3. The van der Waals surface area contributed by atoms with Crippen LogP contribution in [0.15, 0.2) is 60.8 Å². The summed E-state index contributed by atoms with van der Waals surface area (Å²) in [6.45, 7) is 2.10. The largest absolute Gasteiger partial charge is 0.366 e. The van der Waals surface area contributed by atoms with Crippen molar-refractivity contribution >= 4 is 27.6 Å². The molecule has 0 bridgehead atoms. The van der Waals surface area contributed by atoms with Gasteiger partial charge in [0.1, 0.15) is 17.5 Å². The third-order valence-corrected chi connectivity index (χ3v) is 4.44. The molecule has 0 aliphatic rings. The molecule has 0 aliphatic heterocycles. The topological polar surface area (TPSA) is 64.5 Å². The Hall–Kier alpha value is -3.32. The van der Waals surface area contributed by atoms with E-state index in [1.165, 1.54) is 5.56 Å². The third kappa shape index (κ3) is 2.81. The summed E-state index contributed by atoms with van der Waals surface area (Å²) in [6.07, 6.45) is 2.71. The van der Waals surface area contributed by atoms with Gasteiger partial charge in [-0.2, -0.15) is 5.26 Å². The SMILES string of the molecule is C[C@H](Cc1ccccc1)Nc1ncc2c([nH]c3ccccc32)c1C#N. The van der Waals surface area contributed by atoms with E-state index in [1.807, 2.05) is 48.7 Å². The van der Waals surface area contributed by atoms with Crippen LogP contribution in [0.1, 0.15) is 18.1 Å². The van der Waals surface area contributed by atoms with Gasteiger partial charge in [-0.15, -0.1) is 0 Å². The van der Waals surface area contributed by atoms with Crippen LogP contribution in [0.2, 0.25) is 0 Å². The standard InChI is InChI=1S/C21H18N4/c1-14(11-15-7-3-2-4-8-15)24-21-17(12-22)20-18(13-23-21)16-9-5-6-10-19(16)25-20/h2-10,13-14,25H,11H2,1H3,(H,23,24)/t14-/m1/s1. The summed E-state index contributed by atoms with van der Waals surface area (Å²) in [7, 11) is 0. The van der Waals surface area contributed by atoms with Crippen molar-refractivity contribution in [1.29, 1.82) is 5.26 Å². The number of hydrogen-bond acceptors (Lipinski definition) is 3. The first kappa shape index (κ1) is 15.2. The molecule has 0 saturated carbocycles. The zero-order chi connectivity index (χ0) is 17.2. The van der Waals surface area contributed by atoms with Crippen molar-refractivity contribution < 1.29 is 0 Å². The summed E-state index contributed by atoms with van der Waals surface area (Å²) < 4.78 is 0. The van der Waals surface area contributed by atoms with Crippen molar-refractivity contribution in [3.63, 3.8) is 0 Å². The molecule has 2 aromatic carbocycles. The van der Waals surface area contributed by atoms with Crippen molar-refractivity contribution in [2.45, 2.75) is 19.4 Å². The summed E-state index contributed by atoms with van der Waals surface area (Å²) in [5.41, 5.74) is 3.68. The number of benzene rings is 2. The van der Waals surface area contributed by atoms with E-state index in [-0.39, 0.29) is 6.04 Å². The fraction of sp³-hybridized carbons (Fsp3) is 0.143. The number of para-hydroxylation sites is 1.